The maximum atomic E-state index is 12.2. The van der Waals surface area contributed by atoms with E-state index < -0.39 is 0 Å². The number of amides is 2. The number of fused-ring (bicyclic) bond motifs is 1. The maximum absolute atomic E-state index is 12.2. The second kappa shape index (κ2) is 4.46. The molecule has 96 valence electrons. The number of nitrogens with zero attached hydrogens (tertiary/aromatic N) is 1. The molecule has 3 saturated heterocycles. The molecule has 3 aliphatic rings. The zero-order chi connectivity index (χ0) is 11.8. The van der Waals surface area contributed by atoms with E-state index in [0.717, 1.165) is 32.7 Å². The predicted molar refractivity (Wildman–Crippen MR) is 63.8 cm³/mol. The van der Waals surface area contributed by atoms with Crippen molar-refractivity contribution in [3.05, 3.63) is 0 Å². The fraction of sp³-hybridized carbons (Fsp3) is 0.917. The first-order valence-corrected chi connectivity index (χ1v) is 6.61. The average molecular weight is 239 g/mol. The third kappa shape index (κ3) is 2.02. The molecule has 0 spiro atoms. The Kier molecular flexibility index (Phi) is 2.96. The van der Waals surface area contributed by atoms with Gasteiger partial charge in [-0.05, 0) is 25.2 Å². The SMILES string of the molecule is CC1C2CNCC2CN1C(=O)NC1CCOC1. The lowest BCUT2D eigenvalue weighted by molar-refractivity contribution is 0.173. The molecule has 0 bridgehead atoms. The number of carbonyl (C=O) groups excluding carboxylic acids is 1. The zero-order valence-corrected chi connectivity index (χ0v) is 10.3. The van der Waals surface area contributed by atoms with Crippen LogP contribution in [0.5, 0.6) is 0 Å². The largest absolute Gasteiger partial charge is 0.379 e. The molecule has 3 aliphatic heterocycles. The van der Waals surface area contributed by atoms with E-state index >= 15 is 0 Å². The van der Waals surface area contributed by atoms with E-state index in [0.29, 0.717) is 24.5 Å². The van der Waals surface area contributed by atoms with E-state index in [-0.39, 0.29) is 12.1 Å². The summed E-state index contributed by atoms with van der Waals surface area (Å²) in [5, 5.41) is 6.49. The number of hydrogen-bond acceptors (Lipinski definition) is 3. The van der Waals surface area contributed by atoms with Gasteiger partial charge in [-0.15, -0.1) is 0 Å². The van der Waals surface area contributed by atoms with Crippen molar-refractivity contribution in [1.29, 1.82) is 0 Å². The fourth-order valence-corrected chi connectivity index (χ4v) is 3.34. The van der Waals surface area contributed by atoms with Gasteiger partial charge in [0.2, 0.25) is 0 Å². The summed E-state index contributed by atoms with van der Waals surface area (Å²) in [4.78, 5) is 14.2. The van der Waals surface area contributed by atoms with Gasteiger partial charge < -0.3 is 20.3 Å². The van der Waals surface area contributed by atoms with Crippen LogP contribution in [0.3, 0.4) is 0 Å². The first kappa shape index (κ1) is 11.3. The lowest BCUT2D eigenvalue weighted by Crippen LogP contribution is -2.48. The standard InChI is InChI=1S/C12H21N3O2/c1-8-11-5-13-4-9(11)6-15(8)12(16)14-10-2-3-17-7-10/h8-11,13H,2-7H2,1H3,(H,14,16). The number of likely N-dealkylation sites (tertiary alicyclic amines) is 1. The van der Waals surface area contributed by atoms with Crippen LogP contribution >= 0.6 is 0 Å². The fourth-order valence-electron chi connectivity index (χ4n) is 3.34. The molecular weight excluding hydrogens is 218 g/mol. The van der Waals surface area contributed by atoms with Crippen molar-refractivity contribution in [2.24, 2.45) is 11.8 Å². The van der Waals surface area contributed by atoms with Crippen molar-refractivity contribution in [2.75, 3.05) is 32.8 Å². The quantitative estimate of drug-likeness (QED) is 0.678. The number of rotatable bonds is 1. The first-order chi connectivity index (χ1) is 8.25. The van der Waals surface area contributed by atoms with Gasteiger partial charge >= 0.3 is 6.03 Å². The Bertz CT molecular complexity index is 304. The highest BCUT2D eigenvalue weighted by Crippen LogP contribution is 2.32. The molecule has 3 fully saturated rings. The Morgan fingerprint density at radius 3 is 3.06 bits per heavy atom. The third-order valence-corrected chi connectivity index (χ3v) is 4.45. The number of ether oxygens (including phenoxy) is 1. The second-order valence-corrected chi connectivity index (χ2v) is 5.49. The van der Waals surface area contributed by atoms with Gasteiger partial charge in [0.1, 0.15) is 0 Å². The highest BCUT2D eigenvalue weighted by Gasteiger charge is 2.44. The molecule has 0 aliphatic carbocycles. The van der Waals surface area contributed by atoms with Crippen LogP contribution in [0.1, 0.15) is 13.3 Å². The third-order valence-electron chi connectivity index (χ3n) is 4.45. The molecule has 0 saturated carbocycles. The molecule has 0 aromatic rings. The molecule has 0 aromatic heterocycles. The van der Waals surface area contributed by atoms with Crippen LogP contribution in [0.2, 0.25) is 0 Å². The van der Waals surface area contributed by atoms with Crippen molar-refractivity contribution in [1.82, 2.24) is 15.5 Å². The van der Waals surface area contributed by atoms with Gasteiger partial charge in [-0.1, -0.05) is 0 Å². The number of urea groups is 1. The molecule has 0 aromatic carbocycles. The summed E-state index contributed by atoms with van der Waals surface area (Å²) in [5.41, 5.74) is 0. The van der Waals surface area contributed by atoms with E-state index in [1.54, 1.807) is 0 Å². The summed E-state index contributed by atoms with van der Waals surface area (Å²) < 4.78 is 5.28. The minimum absolute atomic E-state index is 0.0994. The van der Waals surface area contributed by atoms with Crippen LogP contribution in [0, 0.1) is 11.8 Å². The smallest absolute Gasteiger partial charge is 0.317 e. The lowest BCUT2D eigenvalue weighted by Gasteiger charge is -2.26. The summed E-state index contributed by atoms with van der Waals surface area (Å²) in [5.74, 6) is 1.29. The van der Waals surface area contributed by atoms with Crippen LogP contribution in [-0.2, 0) is 4.74 Å². The Labute approximate surface area is 102 Å². The van der Waals surface area contributed by atoms with Crippen molar-refractivity contribution < 1.29 is 9.53 Å². The molecule has 3 heterocycles. The normalized spacial score (nSPS) is 40.6. The monoisotopic (exact) mass is 239 g/mol. The van der Waals surface area contributed by atoms with Gasteiger partial charge in [0.05, 0.1) is 12.6 Å². The van der Waals surface area contributed by atoms with Gasteiger partial charge in [-0.25, -0.2) is 4.79 Å². The molecule has 5 nitrogen and oxygen atoms in total. The van der Waals surface area contributed by atoms with Crippen LogP contribution in [0.4, 0.5) is 4.79 Å². The number of hydrogen-bond donors (Lipinski definition) is 2. The van der Waals surface area contributed by atoms with E-state index in [2.05, 4.69) is 17.6 Å². The van der Waals surface area contributed by atoms with Gasteiger partial charge in [0.15, 0.2) is 0 Å². The predicted octanol–water partition coefficient (Wildman–Crippen LogP) is 0.0246. The molecular formula is C12H21N3O2. The summed E-state index contributed by atoms with van der Waals surface area (Å²) in [6, 6.07) is 0.674. The van der Waals surface area contributed by atoms with Crippen molar-refractivity contribution >= 4 is 6.03 Å². The lowest BCUT2D eigenvalue weighted by atomic mass is 9.95. The van der Waals surface area contributed by atoms with Crippen molar-refractivity contribution in [3.63, 3.8) is 0 Å². The molecule has 3 rings (SSSR count). The Hall–Kier alpha value is -0.810. The van der Waals surface area contributed by atoms with E-state index in [4.69, 9.17) is 4.74 Å². The van der Waals surface area contributed by atoms with Crippen LogP contribution < -0.4 is 10.6 Å². The highest BCUT2D eigenvalue weighted by atomic mass is 16.5. The summed E-state index contributed by atoms with van der Waals surface area (Å²) in [6.07, 6.45) is 0.947. The van der Waals surface area contributed by atoms with Gasteiger partial charge in [-0.2, -0.15) is 0 Å². The number of carbonyl (C=O) groups is 1. The molecule has 5 heteroatoms. The van der Waals surface area contributed by atoms with Crippen LogP contribution in [0.15, 0.2) is 0 Å². The molecule has 2 amide bonds. The van der Waals surface area contributed by atoms with Gasteiger partial charge in [-0.3, -0.25) is 0 Å². The minimum Gasteiger partial charge on any atom is -0.379 e. The summed E-state index contributed by atoms with van der Waals surface area (Å²) in [7, 11) is 0. The van der Waals surface area contributed by atoms with Crippen molar-refractivity contribution in [3.8, 4) is 0 Å². The second-order valence-electron chi connectivity index (χ2n) is 5.49. The first-order valence-electron chi connectivity index (χ1n) is 6.61. The molecule has 2 N–H and O–H groups in total. The Morgan fingerprint density at radius 1 is 1.47 bits per heavy atom. The Balaban J connectivity index is 1.58. The summed E-state index contributed by atoms with van der Waals surface area (Å²) >= 11 is 0. The Morgan fingerprint density at radius 2 is 2.35 bits per heavy atom. The van der Waals surface area contributed by atoms with Crippen LogP contribution in [-0.4, -0.2) is 55.9 Å². The summed E-state index contributed by atoms with van der Waals surface area (Å²) in [6.45, 7) is 6.63. The molecule has 4 unspecified atom stereocenters. The van der Waals surface area contributed by atoms with E-state index in [9.17, 15) is 4.79 Å². The maximum Gasteiger partial charge on any atom is 0.317 e. The van der Waals surface area contributed by atoms with Crippen molar-refractivity contribution in [2.45, 2.75) is 25.4 Å². The molecule has 0 radical (unpaired) electrons. The highest BCUT2D eigenvalue weighted by molar-refractivity contribution is 5.75. The van der Waals surface area contributed by atoms with Gasteiger partial charge in [0, 0.05) is 32.3 Å². The van der Waals surface area contributed by atoms with E-state index in [1.165, 1.54) is 0 Å². The van der Waals surface area contributed by atoms with E-state index in [1.807, 2.05) is 4.90 Å². The van der Waals surface area contributed by atoms with Gasteiger partial charge in [0.25, 0.3) is 0 Å². The molecule has 17 heavy (non-hydrogen) atoms. The molecule has 4 atom stereocenters. The van der Waals surface area contributed by atoms with Crippen LogP contribution in [0.25, 0.3) is 0 Å². The topological polar surface area (TPSA) is 53.6 Å². The zero-order valence-electron chi connectivity index (χ0n) is 10.3. The average Bonchev–Trinajstić information content (AvgIpc) is 2.97. The number of nitrogens with one attached hydrogen (secondary N) is 2. The minimum atomic E-state index is 0.0994.